The Morgan fingerprint density at radius 1 is 1.28 bits per heavy atom. The van der Waals surface area contributed by atoms with Crippen molar-refractivity contribution in [2.45, 2.75) is 18.9 Å². The SMILES string of the molecule is O=C(c1nc2ccccc2s1)N1CCC[C@@H](Oc2ncc(Cl)cn2)C1. The number of hydrogen-bond acceptors (Lipinski definition) is 6. The van der Waals surface area contributed by atoms with Crippen molar-refractivity contribution in [3.05, 3.63) is 46.7 Å². The van der Waals surface area contributed by atoms with Gasteiger partial charge in [-0.2, -0.15) is 0 Å². The highest BCUT2D eigenvalue weighted by molar-refractivity contribution is 7.20. The van der Waals surface area contributed by atoms with Gasteiger partial charge in [-0.05, 0) is 25.0 Å². The first-order valence-electron chi connectivity index (χ1n) is 7.98. The van der Waals surface area contributed by atoms with Crippen LogP contribution in [0.1, 0.15) is 22.6 Å². The molecule has 0 spiro atoms. The van der Waals surface area contributed by atoms with Crippen LogP contribution >= 0.6 is 22.9 Å². The molecule has 25 heavy (non-hydrogen) atoms. The molecule has 0 radical (unpaired) electrons. The first-order chi connectivity index (χ1) is 12.2. The van der Waals surface area contributed by atoms with E-state index < -0.39 is 0 Å². The summed E-state index contributed by atoms with van der Waals surface area (Å²) >= 11 is 7.20. The van der Waals surface area contributed by atoms with E-state index in [1.807, 2.05) is 24.3 Å². The van der Waals surface area contributed by atoms with E-state index in [0.29, 0.717) is 23.1 Å². The van der Waals surface area contributed by atoms with Gasteiger partial charge in [0.1, 0.15) is 6.10 Å². The smallest absolute Gasteiger partial charge is 0.316 e. The van der Waals surface area contributed by atoms with E-state index in [1.165, 1.54) is 23.7 Å². The number of thiazole rings is 1. The van der Waals surface area contributed by atoms with Gasteiger partial charge in [0.2, 0.25) is 0 Å². The first kappa shape index (κ1) is 16.2. The Hall–Kier alpha value is -2.25. The number of piperidine rings is 1. The van der Waals surface area contributed by atoms with Crippen LogP contribution in [0.25, 0.3) is 10.2 Å². The fourth-order valence-electron chi connectivity index (χ4n) is 2.83. The molecule has 3 aromatic rings. The molecule has 1 aliphatic heterocycles. The summed E-state index contributed by atoms with van der Waals surface area (Å²) in [5, 5.41) is 0.980. The van der Waals surface area contributed by atoms with Gasteiger partial charge < -0.3 is 9.64 Å². The monoisotopic (exact) mass is 374 g/mol. The molecule has 128 valence electrons. The second kappa shape index (κ2) is 6.93. The van der Waals surface area contributed by atoms with Gasteiger partial charge in [0.05, 0.1) is 34.2 Å². The molecule has 1 aliphatic rings. The van der Waals surface area contributed by atoms with Crippen LogP contribution in [0.15, 0.2) is 36.7 Å². The van der Waals surface area contributed by atoms with Gasteiger partial charge >= 0.3 is 6.01 Å². The predicted molar refractivity (Wildman–Crippen MR) is 96.2 cm³/mol. The molecule has 1 atom stereocenters. The van der Waals surface area contributed by atoms with Gasteiger partial charge in [-0.3, -0.25) is 4.79 Å². The summed E-state index contributed by atoms with van der Waals surface area (Å²) in [6.07, 6.45) is 4.59. The lowest BCUT2D eigenvalue weighted by Crippen LogP contribution is -2.44. The van der Waals surface area contributed by atoms with Crippen molar-refractivity contribution >= 4 is 39.1 Å². The number of ether oxygens (including phenoxy) is 1. The average molecular weight is 375 g/mol. The second-order valence-corrected chi connectivity index (χ2v) is 7.27. The molecule has 8 heteroatoms. The molecule has 1 amide bonds. The van der Waals surface area contributed by atoms with Crippen molar-refractivity contribution < 1.29 is 9.53 Å². The Morgan fingerprint density at radius 3 is 2.88 bits per heavy atom. The lowest BCUT2D eigenvalue weighted by atomic mass is 10.1. The zero-order valence-electron chi connectivity index (χ0n) is 13.3. The van der Waals surface area contributed by atoms with Gasteiger partial charge in [0.15, 0.2) is 5.01 Å². The Balaban J connectivity index is 1.46. The molecule has 4 rings (SSSR count). The van der Waals surface area contributed by atoms with Crippen molar-refractivity contribution in [3.63, 3.8) is 0 Å². The van der Waals surface area contributed by atoms with Crippen LogP contribution in [0.3, 0.4) is 0 Å². The summed E-state index contributed by atoms with van der Waals surface area (Å²) in [7, 11) is 0. The topological polar surface area (TPSA) is 68.2 Å². The van der Waals surface area contributed by atoms with Crippen LogP contribution < -0.4 is 4.74 Å². The summed E-state index contributed by atoms with van der Waals surface area (Å²) in [5.41, 5.74) is 0.857. The zero-order chi connectivity index (χ0) is 17.2. The molecule has 0 aliphatic carbocycles. The Kier molecular flexibility index (Phi) is 4.50. The maximum atomic E-state index is 12.8. The highest BCUT2D eigenvalue weighted by Crippen LogP contribution is 2.24. The number of aromatic nitrogens is 3. The number of rotatable bonds is 3. The molecule has 1 fully saturated rings. The van der Waals surface area contributed by atoms with Gasteiger partial charge in [0, 0.05) is 6.54 Å². The largest absolute Gasteiger partial charge is 0.458 e. The van der Waals surface area contributed by atoms with E-state index in [1.54, 1.807) is 4.90 Å². The number of likely N-dealkylation sites (tertiary alicyclic amines) is 1. The van der Waals surface area contributed by atoms with E-state index in [4.69, 9.17) is 16.3 Å². The van der Waals surface area contributed by atoms with Crippen molar-refractivity contribution in [2.75, 3.05) is 13.1 Å². The molecule has 3 heterocycles. The van der Waals surface area contributed by atoms with Crippen LogP contribution in [-0.2, 0) is 0 Å². The van der Waals surface area contributed by atoms with E-state index in [-0.39, 0.29) is 18.0 Å². The van der Waals surface area contributed by atoms with Gasteiger partial charge in [-0.25, -0.2) is 15.0 Å². The van der Waals surface area contributed by atoms with Gasteiger partial charge in [-0.15, -0.1) is 11.3 Å². The number of halogens is 1. The number of amides is 1. The van der Waals surface area contributed by atoms with E-state index in [0.717, 1.165) is 23.1 Å². The van der Waals surface area contributed by atoms with Crippen molar-refractivity contribution in [1.82, 2.24) is 19.9 Å². The predicted octanol–water partition coefficient (Wildman–Crippen LogP) is 3.42. The third-order valence-electron chi connectivity index (χ3n) is 4.01. The molecule has 0 saturated carbocycles. The highest BCUT2D eigenvalue weighted by atomic mass is 35.5. The highest BCUT2D eigenvalue weighted by Gasteiger charge is 2.28. The first-order valence-corrected chi connectivity index (χ1v) is 9.17. The molecule has 2 aromatic heterocycles. The number of nitrogens with zero attached hydrogens (tertiary/aromatic N) is 4. The maximum absolute atomic E-state index is 12.8. The summed E-state index contributed by atoms with van der Waals surface area (Å²) < 4.78 is 6.81. The number of carbonyl (C=O) groups excluding carboxylic acids is 1. The fraction of sp³-hybridized carbons (Fsp3) is 0.294. The number of para-hydroxylation sites is 1. The molecule has 0 unspecified atom stereocenters. The molecule has 1 aromatic carbocycles. The van der Waals surface area contributed by atoms with E-state index in [9.17, 15) is 4.79 Å². The van der Waals surface area contributed by atoms with Gasteiger partial charge in [-0.1, -0.05) is 23.7 Å². The molecule has 6 nitrogen and oxygen atoms in total. The number of hydrogen-bond donors (Lipinski definition) is 0. The standard InChI is InChI=1S/C17H15ClN4O2S/c18-11-8-19-17(20-9-11)24-12-4-3-7-22(10-12)16(23)15-21-13-5-1-2-6-14(13)25-15/h1-2,5-6,8-9,12H,3-4,7,10H2/t12-/m1/s1. The number of benzene rings is 1. The zero-order valence-corrected chi connectivity index (χ0v) is 14.8. The number of carbonyl (C=O) groups is 1. The molecule has 1 saturated heterocycles. The third-order valence-corrected chi connectivity index (χ3v) is 5.23. The Labute approximate surface area is 153 Å². The second-order valence-electron chi connectivity index (χ2n) is 5.80. The quantitative estimate of drug-likeness (QED) is 0.702. The van der Waals surface area contributed by atoms with Crippen LogP contribution in [0.5, 0.6) is 6.01 Å². The summed E-state index contributed by atoms with van der Waals surface area (Å²) in [6.45, 7) is 1.21. The lowest BCUT2D eigenvalue weighted by molar-refractivity contribution is 0.0515. The normalized spacial score (nSPS) is 17.6. The summed E-state index contributed by atoms with van der Waals surface area (Å²) in [6, 6.07) is 8.05. The minimum atomic E-state index is -0.131. The van der Waals surface area contributed by atoms with Crippen LogP contribution in [0.2, 0.25) is 5.02 Å². The average Bonchev–Trinajstić information content (AvgIpc) is 3.07. The van der Waals surface area contributed by atoms with Crippen molar-refractivity contribution in [1.29, 1.82) is 0 Å². The van der Waals surface area contributed by atoms with Crippen LogP contribution in [-0.4, -0.2) is 45.0 Å². The third kappa shape index (κ3) is 3.57. The number of fused-ring (bicyclic) bond motifs is 1. The van der Waals surface area contributed by atoms with E-state index in [2.05, 4.69) is 15.0 Å². The van der Waals surface area contributed by atoms with E-state index >= 15 is 0 Å². The van der Waals surface area contributed by atoms with Crippen LogP contribution in [0, 0.1) is 0 Å². The Bertz CT molecular complexity index is 866. The van der Waals surface area contributed by atoms with Gasteiger partial charge in [0.25, 0.3) is 5.91 Å². The molecular formula is C17H15ClN4O2S. The minimum absolute atomic E-state index is 0.0495. The lowest BCUT2D eigenvalue weighted by Gasteiger charge is -2.31. The maximum Gasteiger partial charge on any atom is 0.316 e. The van der Waals surface area contributed by atoms with Crippen LogP contribution in [0.4, 0.5) is 0 Å². The Morgan fingerprint density at radius 2 is 2.08 bits per heavy atom. The molecule has 0 N–H and O–H groups in total. The van der Waals surface area contributed by atoms with Crippen molar-refractivity contribution in [3.8, 4) is 6.01 Å². The molecular weight excluding hydrogens is 360 g/mol. The minimum Gasteiger partial charge on any atom is -0.458 e. The van der Waals surface area contributed by atoms with Crippen molar-refractivity contribution in [2.24, 2.45) is 0 Å². The fourth-order valence-corrected chi connectivity index (χ4v) is 3.86. The summed E-state index contributed by atoms with van der Waals surface area (Å²) in [5.74, 6) is -0.0495. The molecule has 0 bridgehead atoms. The summed E-state index contributed by atoms with van der Waals surface area (Å²) in [4.78, 5) is 27.1.